The summed E-state index contributed by atoms with van der Waals surface area (Å²) in [6.07, 6.45) is -0.898. The van der Waals surface area contributed by atoms with Crippen LogP contribution in [0, 0.1) is 6.92 Å². The minimum absolute atomic E-state index is 0. The number of halogens is 3. The topological polar surface area (TPSA) is 56.8 Å². The van der Waals surface area contributed by atoms with Crippen molar-refractivity contribution in [3.8, 4) is 11.5 Å². The summed E-state index contributed by atoms with van der Waals surface area (Å²) in [5.41, 5.74) is 0.895. The Labute approximate surface area is 127 Å². The standard InChI is InChI=1S/C13H15F2NO4.ClH/c1-7-4-8(18-2)10(9(5-7)19-3)11-13(14,15)6-20-12(17)16-11;/h4-5,11H,6H2,1-3H3,(H,16,17);1H/t11-;/m1./s1. The first-order valence-corrected chi connectivity index (χ1v) is 5.92. The number of nitrogens with one attached hydrogen (secondary N) is 1. The van der Waals surface area contributed by atoms with Gasteiger partial charge in [-0.2, -0.15) is 0 Å². The molecule has 0 aliphatic carbocycles. The first-order valence-electron chi connectivity index (χ1n) is 5.92. The third-order valence-electron chi connectivity index (χ3n) is 3.06. The fourth-order valence-electron chi connectivity index (χ4n) is 2.15. The van der Waals surface area contributed by atoms with Crippen LogP contribution in [0.4, 0.5) is 13.6 Å². The predicted molar refractivity (Wildman–Crippen MR) is 73.7 cm³/mol. The third kappa shape index (κ3) is 3.29. The maximum absolute atomic E-state index is 14.0. The van der Waals surface area contributed by atoms with Crippen LogP contribution in [0.2, 0.25) is 0 Å². The van der Waals surface area contributed by atoms with E-state index >= 15 is 0 Å². The SMILES string of the molecule is COc1cc(C)cc(OC)c1[C@H]1NC(=O)OCC1(F)F.Cl. The first-order chi connectivity index (χ1) is 9.39. The van der Waals surface area contributed by atoms with Gasteiger partial charge < -0.3 is 19.5 Å². The van der Waals surface area contributed by atoms with Crippen molar-refractivity contribution in [3.63, 3.8) is 0 Å². The molecule has 1 heterocycles. The van der Waals surface area contributed by atoms with Gasteiger partial charge in [-0.1, -0.05) is 0 Å². The Bertz CT molecular complexity index is 514. The van der Waals surface area contributed by atoms with Gasteiger partial charge in [-0.3, -0.25) is 0 Å². The lowest BCUT2D eigenvalue weighted by Gasteiger charge is -2.33. The van der Waals surface area contributed by atoms with Crippen LogP contribution in [0.15, 0.2) is 12.1 Å². The molecule has 1 fully saturated rings. The minimum Gasteiger partial charge on any atom is -0.496 e. The van der Waals surface area contributed by atoms with Gasteiger partial charge in [-0.05, 0) is 24.6 Å². The van der Waals surface area contributed by atoms with Crippen molar-refractivity contribution < 1.29 is 27.8 Å². The summed E-state index contributed by atoms with van der Waals surface area (Å²) in [6, 6.07) is 1.65. The van der Waals surface area contributed by atoms with E-state index in [-0.39, 0.29) is 29.5 Å². The number of benzene rings is 1. The molecular weight excluding hydrogens is 308 g/mol. The van der Waals surface area contributed by atoms with Crippen LogP contribution in [-0.2, 0) is 4.74 Å². The van der Waals surface area contributed by atoms with Gasteiger partial charge in [0, 0.05) is 0 Å². The largest absolute Gasteiger partial charge is 0.496 e. The quantitative estimate of drug-likeness (QED) is 0.929. The zero-order chi connectivity index (χ0) is 14.9. The second-order valence-corrected chi connectivity index (χ2v) is 4.50. The molecule has 0 saturated carbocycles. The summed E-state index contributed by atoms with van der Waals surface area (Å²) in [4.78, 5) is 11.3. The number of amides is 1. The van der Waals surface area contributed by atoms with Crippen LogP contribution in [0.5, 0.6) is 11.5 Å². The van der Waals surface area contributed by atoms with E-state index in [1.54, 1.807) is 19.1 Å². The van der Waals surface area contributed by atoms with E-state index in [0.29, 0.717) is 0 Å². The summed E-state index contributed by atoms with van der Waals surface area (Å²) in [7, 11) is 2.74. The number of aryl methyl sites for hydroxylation is 1. The summed E-state index contributed by atoms with van der Waals surface area (Å²) < 4.78 is 42.6. The number of ether oxygens (including phenoxy) is 3. The van der Waals surface area contributed by atoms with Crippen molar-refractivity contribution in [1.82, 2.24) is 5.32 Å². The Morgan fingerprint density at radius 2 is 1.81 bits per heavy atom. The van der Waals surface area contributed by atoms with Gasteiger partial charge in [0.1, 0.15) is 17.5 Å². The van der Waals surface area contributed by atoms with Crippen molar-refractivity contribution in [2.24, 2.45) is 0 Å². The molecule has 21 heavy (non-hydrogen) atoms. The van der Waals surface area contributed by atoms with Crippen molar-refractivity contribution in [2.45, 2.75) is 18.9 Å². The van der Waals surface area contributed by atoms with Crippen LogP contribution in [0.1, 0.15) is 17.2 Å². The minimum atomic E-state index is -3.26. The second-order valence-electron chi connectivity index (χ2n) is 4.50. The highest BCUT2D eigenvalue weighted by atomic mass is 35.5. The monoisotopic (exact) mass is 323 g/mol. The van der Waals surface area contributed by atoms with E-state index in [1.165, 1.54) is 14.2 Å². The molecule has 118 valence electrons. The lowest BCUT2D eigenvalue weighted by Crippen LogP contribution is -2.49. The van der Waals surface area contributed by atoms with Gasteiger partial charge in [0.15, 0.2) is 6.61 Å². The summed E-state index contributed by atoms with van der Waals surface area (Å²) in [6.45, 7) is 0.805. The predicted octanol–water partition coefficient (Wildman–Crippen LogP) is 2.85. The smallest absolute Gasteiger partial charge is 0.408 e. The number of rotatable bonds is 3. The van der Waals surface area contributed by atoms with E-state index in [4.69, 9.17) is 9.47 Å². The van der Waals surface area contributed by atoms with E-state index in [1.807, 2.05) is 0 Å². The molecule has 1 aromatic rings. The highest BCUT2D eigenvalue weighted by molar-refractivity contribution is 5.85. The van der Waals surface area contributed by atoms with Crippen LogP contribution in [-0.4, -0.2) is 32.8 Å². The summed E-state index contributed by atoms with van der Waals surface area (Å²) in [5.74, 6) is -2.80. The highest BCUT2D eigenvalue weighted by Crippen LogP contribution is 2.43. The molecule has 1 aromatic carbocycles. The number of hydrogen-bond donors (Lipinski definition) is 1. The molecular formula is C13H16ClF2NO4. The van der Waals surface area contributed by atoms with E-state index in [2.05, 4.69) is 10.1 Å². The van der Waals surface area contributed by atoms with Crippen LogP contribution in [0.25, 0.3) is 0 Å². The highest BCUT2D eigenvalue weighted by Gasteiger charge is 2.49. The molecule has 1 amide bonds. The van der Waals surface area contributed by atoms with Gasteiger partial charge >= 0.3 is 12.0 Å². The number of alkyl halides is 2. The third-order valence-corrected chi connectivity index (χ3v) is 3.06. The maximum Gasteiger partial charge on any atom is 0.408 e. The van der Waals surface area contributed by atoms with Gasteiger partial charge in [0.05, 0.1) is 19.8 Å². The van der Waals surface area contributed by atoms with E-state index in [0.717, 1.165) is 5.56 Å². The maximum atomic E-state index is 14.0. The van der Waals surface area contributed by atoms with Gasteiger partial charge in [0.25, 0.3) is 0 Å². The van der Waals surface area contributed by atoms with Crippen LogP contribution < -0.4 is 14.8 Å². The fourth-order valence-corrected chi connectivity index (χ4v) is 2.15. The van der Waals surface area contributed by atoms with Crippen molar-refractivity contribution in [3.05, 3.63) is 23.3 Å². The molecule has 1 atom stereocenters. The molecule has 1 N–H and O–H groups in total. The first kappa shape index (κ1) is 17.3. The Hall–Kier alpha value is -1.76. The van der Waals surface area contributed by atoms with Gasteiger partial charge in [-0.15, -0.1) is 12.4 Å². The number of carbonyl (C=O) groups excluding carboxylic acids is 1. The van der Waals surface area contributed by atoms with Gasteiger partial charge in [-0.25, -0.2) is 13.6 Å². The average Bonchev–Trinajstić information content (AvgIpc) is 2.40. The molecule has 0 aromatic heterocycles. The number of methoxy groups -OCH3 is 2. The lowest BCUT2D eigenvalue weighted by molar-refractivity contribution is -0.105. The van der Waals surface area contributed by atoms with Crippen molar-refractivity contribution in [1.29, 1.82) is 0 Å². The second kappa shape index (κ2) is 6.34. The average molecular weight is 324 g/mol. The molecule has 0 bridgehead atoms. The molecule has 0 spiro atoms. The summed E-state index contributed by atoms with van der Waals surface area (Å²) >= 11 is 0. The number of cyclic esters (lactones) is 1. The Kier molecular flexibility index (Phi) is 5.22. The zero-order valence-corrected chi connectivity index (χ0v) is 12.6. The molecule has 0 unspecified atom stereocenters. The number of hydrogen-bond acceptors (Lipinski definition) is 4. The Morgan fingerprint density at radius 1 is 1.29 bits per heavy atom. The van der Waals surface area contributed by atoms with Crippen molar-refractivity contribution >= 4 is 18.5 Å². The Morgan fingerprint density at radius 3 is 2.29 bits per heavy atom. The zero-order valence-electron chi connectivity index (χ0n) is 11.7. The fraction of sp³-hybridized carbons (Fsp3) is 0.462. The molecule has 1 aliphatic rings. The molecule has 8 heteroatoms. The Balaban J connectivity index is 0.00000220. The van der Waals surface area contributed by atoms with Crippen LogP contribution in [0.3, 0.4) is 0 Å². The van der Waals surface area contributed by atoms with Gasteiger partial charge in [0.2, 0.25) is 0 Å². The lowest BCUT2D eigenvalue weighted by atomic mass is 9.96. The molecule has 1 saturated heterocycles. The van der Waals surface area contributed by atoms with E-state index < -0.39 is 24.7 Å². The molecule has 5 nitrogen and oxygen atoms in total. The number of carbonyl (C=O) groups is 1. The van der Waals surface area contributed by atoms with E-state index in [9.17, 15) is 13.6 Å². The normalized spacial score (nSPS) is 19.9. The number of alkyl carbamates (subject to hydrolysis) is 1. The van der Waals surface area contributed by atoms with Crippen LogP contribution >= 0.6 is 12.4 Å². The molecule has 2 rings (SSSR count). The molecule has 0 radical (unpaired) electrons. The summed E-state index contributed by atoms with van der Waals surface area (Å²) in [5, 5.41) is 2.12. The van der Waals surface area contributed by atoms with Crippen molar-refractivity contribution in [2.75, 3.05) is 20.8 Å². The molecule has 1 aliphatic heterocycles.